The van der Waals surface area contributed by atoms with Crippen LogP contribution in [0.1, 0.15) is 18.5 Å². The highest BCUT2D eigenvalue weighted by atomic mass is 16.5. The van der Waals surface area contributed by atoms with Crippen molar-refractivity contribution in [2.75, 3.05) is 19.0 Å². The molecule has 0 bridgehead atoms. The Bertz CT molecular complexity index is 567. The number of amides is 1. The second kappa shape index (κ2) is 7.45. The lowest BCUT2D eigenvalue weighted by Crippen LogP contribution is -2.30. The van der Waals surface area contributed by atoms with Crippen molar-refractivity contribution in [3.63, 3.8) is 0 Å². The molecule has 4 nitrogen and oxygen atoms in total. The molecular formula is C17H20N2O2. The summed E-state index contributed by atoms with van der Waals surface area (Å²) in [5, 5.41) is 6.05. The van der Waals surface area contributed by atoms with Crippen LogP contribution in [0, 0.1) is 0 Å². The molecule has 21 heavy (non-hydrogen) atoms. The first-order valence-electron chi connectivity index (χ1n) is 6.91. The van der Waals surface area contributed by atoms with Gasteiger partial charge in [0.1, 0.15) is 5.75 Å². The van der Waals surface area contributed by atoms with Crippen LogP contribution in [0.5, 0.6) is 5.75 Å². The summed E-state index contributed by atoms with van der Waals surface area (Å²) in [4.78, 5) is 11.9. The van der Waals surface area contributed by atoms with Crippen molar-refractivity contribution in [1.82, 2.24) is 5.32 Å². The Labute approximate surface area is 125 Å². The minimum absolute atomic E-state index is 0.0667. The average Bonchev–Trinajstić information content (AvgIpc) is 2.54. The van der Waals surface area contributed by atoms with Crippen LogP contribution < -0.4 is 15.4 Å². The third-order valence-electron chi connectivity index (χ3n) is 3.24. The molecule has 0 aliphatic rings. The van der Waals surface area contributed by atoms with E-state index in [1.165, 1.54) is 0 Å². The van der Waals surface area contributed by atoms with Crippen LogP contribution in [-0.2, 0) is 4.79 Å². The molecule has 0 saturated heterocycles. The topological polar surface area (TPSA) is 50.4 Å². The van der Waals surface area contributed by atoms with Gasteiger partial charge in [-0.15, -0.1) is 0 Å². The zero-order valence-electron chi connectivity index (χ0n) is 12.3. The van der Waals surface area contributed by atoms with Crippen LogP contribution >= 0.6 is 0 Å². The van der Waals surface area contributed by atoms with Crippen LogP contribution in [0.2, 0.25) is 0 Å². The predicted molar refractivity (Wildman–Crippen MR) is 84.5 cm³/mol. The summed E-state index contributed by atoms with van der Waals surface area (Å²) in [6.07, 6.45) is 0. The van der Waals surface area contributed by atoms with E-state index in [2.05, 4.69) is 10.6 Å². The highest BCUT2D eigenvalue weighted by Gasteiger charge is 2.07. The number of anilines is 1. The lowest BCUT2D eigenvalue weighted by molar-refractivity contribution is -0.115. The first kappa shape index (κ1) is 15.1. The molecule has 0 fully saturated rings. The van der Waals surface area contributed by atoms with Gasteiger partial charge in [0.05, 0.1) is 13.7 Å². The van der Waals surface area contributed by atoms with Crippen LogP contribution in [0.15, 0.2) is 54.6 Å². The Morgan fingerprint density at radius 2 is 1.76 bits per heavy atom. The van der Waals surface area contributed by atoms with Gasteiger partial charge in [-0.05, 0) is 36.8 Å². The van der Waals surface area contributed by atoms with Gasteiger partial charge in [0.2, 0.25) is 5.91 Å². The van der Waals surface area contributed by atoms with E-state index in [1.54, 1.807) is 7.11 Å². The summed E-state index contributed by atoms with van der Waals surface area (Å²) in [6, 6.07) is 17.4. The molecule has 0 spiro atoms. The quantitative estimate of drug-likeness (QED) is 0.857. The summed E-state index contributed by atoms with van der Waals surface area (Å²) in [7, 11) is 1.61. The molecule has 2 rings (SSSR count). The lowest BCUT2D eigenvalue weighted by Gasteiger charge is -2.14. The number of benzene rings is 2. The van der Waals surface area contributed by atoms with E-state index in [0.29, 0.717) is 0 Å². The first-order valence-corrected chi connectivity index (χ1v) is 6.91. The van der Waals surface area contributed by atoms with Gasteiger partial charge in [0.25, 0.3) is 0 Å². The molecule has 2 N–H and O–H groups in total. The molecule has 2 aromatic carbocycles. The highest BCUT2D eigenvalue weighted by Crippen LogP contribution is 2.15. The van der Waals surface area contributed by atoms with E-state index in [0.717, 1.165) is 17.0 Å². The fourth-order valence-electron chi connectivity index (χ4n) is 1.98. The molecule has 0 unspecified atom stereocenters. The van der Waals surface area contributed by atoms with Crippen molar-refractivity contribution in [3.8, 4) is 5.75 Å². The number of nitrogens with one attached hydrogen (secondary N) is 2. The fraction of sp³-hybridized carbons (Fsp3) is 0.235. The van der Waals surface area contributed by atoms with E-state index in [1.807, 2.05) is 61.5 Å². The molecule has 0 saturated carbocycles. The Balaban J connectivity index is 1.81. The van der Waals surface area contributed by atoms with Crippen molar-refractivity contribution in [2.24, 2.45) is 0 Å². The minimum Gasteiger partial charge on any atom is -0.497 e. The zero-order valence-corrected chi connectivity index (χ0v) is 12.3. The van der Waals surface area contributed by atoms with Gasteiger partial charge in [0.15, 0.2) is 0 Å². The summed E-state index contributed by atoms with van der Waals surface area (Å²) >= 11 is 0. The van der Waals surface area contributed by atoms with Gasteiger partial charge in [-0.1, -0.05) is 30.3 Å². The molecule has 1 atom stereocenters. The number of carbonyl (C=O) groups excluding carboxylic acids is 1. The maximum absolute atomic E-state index is 11.9. The second-order valence-corrected chi connectivity index (χ2v) is 4.79. The van der Waals surface area contributed by atoms with Gasteiger partial charge in [-0.3, -0.25) is 4.79 Å². The summed E-state index contributed by atoms with van der Waals surface area (Å²) in [5.41, 5.74) is 1.92. The fourth-order valence-corrected chi connectivity index (χ4v) is 1.98. The highest BCUT2D eigenvalue weighted by molar-refractivity contribution is 5.92. The lowest BCUT2D eigenvalue weighted by atomic mass is 10.1. The predicted octanol–water partition coefficient (Wildman–Crippen LogP) is 2.98. The smallest absolute Gasteiger partial charge is 0.238 e. The Hall–Kier alpha value is -2.33. The van der Waals surface area contributed by atoms with Crippen molar-refractivity contribution in [1.29, 1.82) is 0 Å². The van der Waals surface area contributed by atoms with Gasteiger partial charge >= 0.3 is 0 Å². The molecule has 0 aliphatic heterocycles. The molecular weight excluding hydrogens is 264 g/mol. The van der Waals surface area contributed by atoms with Gasteiger partial charge < -0.3 is 15.4 Å². The van der Waals surface area contributed by atoms with Crippen molar-refractivity contribution in [3.05, 3.63) is 60.2 Å². The number of hydrogen-bond donors (Lipinski definition) is 2. The monoisotopic (exact) mass is 284 g/mol. The van der Waals surface area contributed by atoms with E-state index >= 15 is 0 Å². The molecule has 4 heteroatoms. The van der Waals surface area contributed by atoms with Gasteiger partial charge in [0, 0.05) is 11.7 Å². The summed E-state index contributed by atoms with van der Waals surface area (Å²) in [5.74, 6) is 0.701. The zero-order chi connectivity index (χ0) is 15.1. The van der Waals surface area contributed by atoms with Crippen molar-refractivity contribution < 1.29 is 9.53 Å². The maximum atomic E-state index is 11.9. The molecule has 1 amide bonds. The third kappa shape index (κ3) is 4.61. The summed E-state index contributed by atoms with van der Waals surface area (Å²) in [6.45, 7) is 2.30. The minimum atomic E-state index is -0.0667. The van der Waals surface area contributed by atoms with Crippen molar-refractivity contribution >= 4 is 11.6 Å². The van der Waals surface area contributed by atoms with Crippen LogP contribution in [0.4, 0.5) is 5.69 Å². The number of carbonyl (C=O) groups is 1. The average molecular weight is 284 g/mol. The Kier molecular flexibility index (Phi) is 5.35. The Morgan fingerprint density at radius 1 is 1.10 bits per heavy atom. The largest absolute Gasteiger partial charge is 0.497 e. The van der Waals surface area contributed by atoms with Crippen LogP contribution in [-0.4, -0.2) is 19.6 Å². The number of ether oxygens (including phenoxy) is 1. The van der Waals surface area contributed by atoms with E-state index in [4.69, 9.17) is 4.74 Å². The third-order valence-corrected chi connectivity index (χ3v) is 3.24. The molecule has 0 heterocycles. The van der Waals surface area contributed by atoms with Crippen LogP contribution in [0.25, 0.3) is 0 Å². The molecule has 0 aromatic heterocycles. The number of rotatable bonds is 6. The number of methoxy groups -OCH3 is 1. The second-order valence-electron chi connectivity index (χ2n) is 4.79. The standard InChI is InChI=1S/C17H20N2O2/c1-13(14-6-4-3-5-7-14)18-12-17(20)19-15-8-10-16(21-2)11-9-15/h3-11,13,18H,12H2,1-2H3,(H,19,20)/t13-/m1/s1. The first-order chi connectivity index (χ1) is 10.2. The van der Waals surface area contributed by atoms with E-state index in [9.17, 15) is 4.79 Å². The molecule has 2 aromatic rings. The Morgan fingerprint density at radius 3 is 2.38 bits per heavy atom. The maximum Gasteiger partial charge on any atom is 0.238 e. The SMILES string of the molecule is COc1ccc(NC(=O)CN[C@H](C)c2ccccc2)cc1. The molecule has 0 radical (unpaired) electrons. The van der Waals surface area contributed by atoms with Crippen LogP contribution in [0.3, 0.4) is 0 Å². The normalized spacial score (nSPS) is 11.7. The number of hydrogen-bond acceptors (Lipinski definition) is 3. The van der Waals surface area contributed by atoms with Crippen molar-refractivity contribution in [2.45, 2.75) is 13.0 Å². The molecule has 110 valence electrons. The van der Waals surface area contributed by atoms with Gasteiger partial charge in [-0.25, -0.2) is 0 Å². The molecule has 0 aliphatic carbocycles. The van der Waals surface area contributed by atoms with E-state index < -0.39 is 0 Å². The van der Waals surface area contributed by atoms with Gasteiger partial charge in [-0.2, -0.15) is 0 Å². The van der Waals surface area contributed by atoms with E-state index in [-0.39, 0.29) is 18.5 Å². The summed E-state index contributed by atoms with van der Waals surface area (Å²) < 4.78 is 5.08.